The van der Waals surface area contributed by atoms with Crippen LogP contribution in [0, 0.1) is 6.92 Å². The summed E-state index contributed by atoms with van der Waals surface area (Å²) >= 11 is 6.11. The summed E-state index contributed by atoms with van der Waals surface area (Å²) in [6, 6.07) is 0. The van der Waals surface area contributed by atoms with Crippen LogP contribution in [0.2, 0.25) is 5.02 Å². The number of hydrogen-bond acceptors (Lipinski definition) is 2. The van der Waals surface area contributed by atoms with Gasteiger partial charge in [-0.1, -0.05) is 11.6 Å². The van der Waals surface area contributed by atoms with Gasteiger partial charge in [0.05, 0.1) is 16.4 Å². The van der Waals surface area contributed by atoms with Gasteiger partial charge in [-0.15, -0.1) is 0 Å². The number of nitrogens with zero attached hydrogens (tertiary/aromatic N) is 2. The Morgan fingerprint density at radius 3 is 2.73 bits per heavy atom. The summed E-state index contributed by atoms with van der Waals surface area (Å²) in [6.45, 7) is 5.39. The molecule has 0 amide bonds. The summed E-state index contributed by atoms with van der Waals surface area (Å²) in [6.07, 6.45) is 0.355. The van der Waals surface area contributed by atoms with Crippen molar-refractivity contribution in [3.63, 3.8) is 0 Å². The van der Waals surface area contributed by atoms with Gasteiger partial charge in [-0.3, -0.25) is 4.68 Å². The van der Waals surface area contributed by atoms with Gasteiger partial charge in [-0.2, -0.15) is 5.10 Å². The molecule has 0 atom stereocenters. The van der Waals surface area contributed by atoms with Crippen molar-refractivity contribution in [3.05, 3.63) is 16.4 Å². The summed E-state index contributed by atoms with van der Waals surface area (Å²) in [5, 5.41) is 7.82. The molecule has 1 saturated heterocycles. The minimum Gasteiger partial charge on any atom is -0.310 e. The number of halogens is 2. The summed E-state index contributed by atoms with van der Waals surface area (Å²) in [5.74, 6) is 0. The zero-order valence-electron chi connectivity index (χ0n) is 8.98. The first-order chi connectivity index (χ1) is 7.06. The van der Waals surface area contributed by atoms with Gasteiger partial charge < -0.3 is 5.32 Å². The first-order valence-corrected chi connectivity index (χ1v) is 5.55. The molecule has 0 radical (unpaired) electrons. The van der Waals surface area contributed by atoms with E-state index in [1.807, 2.05) is 13.8 Å². The normalized spacial score (nSPS) is 18.9. The van der Waals surface area contributed by atoms with E-state index in [4.69, 9.17) is 11.6 Å². The van der Waals surface area contributed by atoms with Crippen molar-refractivity contribution in [1.82, 2.24) is 15.1 Å². The minimum absolute atomic E-state index is 0.355. The van der Waals surface area contributed by atoms with Crippen molar-refractivity contribution in [2.45, 2.75) is 32.5 Å². The van der Waals surface area contributed by atoms with Gasteiger partial charge in [0.15, 0.2) is 0 Å². The predicted octanol–water partition coefficient (Wildman–Crippen LogP) is 1.72. The highest BCUT2D eigenvalue weighted by Crippen LogP contribution is 2.28. The number of hydrogen-bond donors (Lipinski definition) is 1. The molecule has 1 aliphatic rings. The zero-order chi connectivity index (χ0) is 11.1. The Kier molecular flexibility index (Phi) is 2.73. The topological polar surface area (TPSA) is 29.9 Å². The Bertz CT molecular complexity index is 371. The van der Waals surface area contributed by atoms with E-state index in [1.165, 1.54) is 0 Å². The van der Waals surface area contributed by atoms with Crippen LogP contribution in [0.1, 0.15) is 18.3 Å². The molecular formula is C10H15ClFN3. The van der Waals surface area contributed by atoms with E-state index < -0.39 is 5.67 Å². The molecule has 0 unspecified atom stereocenters. The Balaban J connectivity index is 2.26. The monoisotopic (exact) mass is 231 g/mol. The molecular weight excluding hydrogens is 217 g/mol. The number of rotatable bonds is 3. The third kappa shape index (κ3) is 1.88. The van der Waals surface area contributed by atoms with Gasteiger partial charge in [-0.05, 0) is 13.8 Å². The lowest BCUT2D eigenvalue weighted by molar-refractivity contribution is 0.0886. The lowest BCUT2D eigenvalue weighted by atomic mass is 9.93. The second-order valence-corrected chi connectivity index (χ2v) is 4.47. The van der Waals surface area contributed by atoms with Crippen molar-refractivity contribution in [2.75, 3.05) is 13.1 Å². The van der Waals surface area contributed by atoms with Crippen LogP contribution in [0.25, 0.3) is 0 Å². The molecule has 5 heteroatoms. The van der Waals surface area contributed by atoms with Crippen LogP contribution in [0.5, 0.6) is 0 Å². The van der Waals surface area contributed by atoms with E-state index in [0.29, 0.717) is 24.5 Å². The molecule has 3 nitrogen and oxygen atoms in total. The number of aromatic nitrogens is 2. The standard InChI is InChI=1S/C10H15ClFN3/c1-3-15-8(9(11)7(2)14-15)4-10(12)5-13-6-10/h13H,3-6H2,1-2H3. The number of alkyl halides is 1. The fourth-order valence-corrected chi connectivity index (χ4v) is 2.06. The Morgan fingerprint density at radius 2 is 2.27 bits per heavy atom. The Labute approximate surface area is 93.6 Å². The molecule has 0 bridgehead atoms. The van der Waals surface area contributed by atoms with Crippen LogP contribution in [-0.4, -0.2) is 28.5 Å². The van der Waals surface area contributed by atoms with Crippen molar-refractivity contribution >= 4 is 11.6 Å². The van der Waals surface area contributed by atoms with Crippen LogP contribution in [-0.2, 0) is 13.0 Å². The first-order valence-electron chi connectivity index (χ1n) is 5.17. The maximum absolute atomic E-state index is 13.9. The van der Waals surface area contributed by atoms with E-state index in [2.05, 4.69) is 10.4 Å². The van der Waals surface area contributed by atoms with Crippen LogP contribution >= 0.6 is 11.6 Å². The van der Waals surface area contributed by atoms with Crippen molar-refractivity contribution in [2.24, 2.45) is 0 Å². The van der Waals surface area contributed by atoms with E-state index in [0.717, 1.165) is 17.9 Å². The lowest BCUT2D eigenvalue weighted by Gasteiger charge is -2.35. The fourth-order valence-electron chi connectivity index (χ4n) is 1.86. The molecule has 15 heavy (non-hydrogen) atoms. The summed E-state index contributed by atoms with van der Waals surface area (Å²) < 4.78 is 15.7. The van der Waals surface area contributed by atoms with Gasteiger partial charge in [0.1, 0.15) is 5.67 Å². The first kappa shape index (κ1) is 10.9. The van der Waals surface area contributed by atoms with Crippen molar-refractivity contribution in [3.8, 4) is 0 Å². The van der Waals surface area contributed by atoms with E-state index in [1.54, 1.807) is 4.68 Å². The highest BCUT2D eigenvalue weighted by atomic mass is 35.5. The molecule has 0 aliphatic carbocycles. The smallest absolute Gasteiger partial charge is 0.141 e. The second kappa shape index (κ2) is 3.76. The fraction of sp³-hybridized carbons (Fsp3) is 0.700. The third-order valence-electron chi connectivity index (χ3n) is 2.82. The van der Waals surface area contributed by atoms with Gasteiger partial charge in [0.2, 0.25) is 0 Å². The number of aryl methyl sites for hydroxylation is 2. The molecule has 0 aromatic carbocycles. The molecule has 2 rings (SSSR count). The molecule has 0 spiro atoms. The molecule has 84 valence electrons. The average molecular weight is 232 g/mol. The Hall–Kier alpha value is -0.610. The Morgan fingerprint density at radius 1 is 1.60 bits per heavy atom. The van der Waals surface area contributed by atoms with Gasteiger partial charge >= 0.3 is 0 Å². The van der Waals surface area contributed by atoms with Crippen LogP contribution in [0.15, 0.2) is 0 Å². The van der Waals surface area contributed by atoms with Gasteiger partial charge in [0.25, 0.3) is 0 Å². The maximum Gasteiger partial charge on any atom is 0.141 e. The minimum atomic E-state index is -1.14. The van der Waals surface area contributed by atoms with Gasteiger partial charge in [0, 0.05) is 26.1 Å². The summed E-state index contributed by atoms with van der Waals surface area (Å²) in [7, 11) is 0. The molecule has 1 N–H and O–H groups in total. The highest BCUT2D eigenvalue weighted by Gasteiger charge is 2.38. The van der Waals surface area contributed by atoms with Crippen LogP contribution in [0.4, 0.5) is 4.39 Å². The molecule has 1 aliphatic heterocycles. The molecule has 1 fully saturated rings. The predicted molar refractivity (Wildman–Crippen MR) is 58.1 cm³/mol. The van der Waals surface area contributed by atoms with Crippen molar-refractivity contribution < 1.29 is 4.39 Å². The highest BCUT2D eigenvalue weighted by molar-refractivity contribution is 6.31. The van der Waals surface area contributed by atoms with E-state index in [-0.39, 0.29) is 0 Å². The molecule has 1 aromatic heterocycles. The SMILES string of the molecule is CCn1nc(C)c(Cl)c1CC1(F)CNC1. The molecule has 1 aromatic rings. The van der Waals surface area contributed by atoms with Crippen molar-refractivity contribution in [1.29, 1.82) is 0 Å². The molecule has 2 heterocycles. The average Bonchev–Trinajstić information content (AvgIpc) is 2.43. The van der Waals surface area contributed by atoms with Gasteiger partial charge in [-0.25, -0.2) is 4.39 Å². The largest absolute Gasteiger partial charge is 0.310 e. The van der Waals surface area contributed by atoms with Crippen LogP contribution in [0.3, 0.4) is 0 Å². The third-order valence-corrected chi connectivity index (χ3v) is 3.31. The lowest BCUT2D eigenvalue weighted by Crippen LogP contribution is -2.57. The zero-order valence-corrected chi connectivity index (χ0v) is 9.73. The van der Waals surface area contributed by atoms with E-state index >= 15 is 0 Å². The molecule has 0 saturated carbocycles. The summed E-state index contributed by atoms with van der Waals surface area (Å²) in [4.78, 5) is 0. The quantitative estimate of drug-likeness (QED) is 0.859. The second-order valence-electron chi connectivity index (χ2n) is 4.09. The van der Waals surface area contributed by atoms with E-state index in [9.17, 15) is 4.39 Å². The maximum atomic E-state index is 13.9. The van der Waals surface area contributed by atoms with Crippen LogP contribution < -0.4 is 5.32 Å². The number of nitrogens with one attached hydrogen (secondary N) is 1. The summed E-state index contributed by atoms with van der Waals surface area (Å²) in [5.41, 5.74) is 0.466.